The summed E-state index contributed by atoms with van der Waals surface area (Å²) in [7, 11) is 0. The first-order chi connectivity index (χ1) is 12.3. The Morgan fingerprint density at radius 3 is 2.81 bits per heavy atom. The number of carbonyl (C=O) groups is 1. The topological polar surface area (TPSA) is 82.0 Å². The maximum Gasteiger partial charge on any atom is 0.156 e. The van der Waals surface area contributed by atoms with Gasteiger partial charge in [-0.1, -0.05) is 24.6 Å². The number of oxime groups is 1. The van der Waals surface area contributed by atoms with E-state index >= 15 is 0 Å². The highest BCUT2D eigenvalue weighted by molar-refractivity contribution is 5.96. The van der Waals surface area contributed by atoms with Crippen LogP contribution in [0.5, 0.6) is 0 Å². The first-order valence-electron chi connectivity index (χ1n) is 10.1. The minimum atomic E-state index is -1.24. The van der Waals surface area contributed by atoms with Crippen LogP contribution in [0.25, 0.3) is 0 Å². The van der Waals surface area contributed by atoms with Crippen molar-refractivity contribution in [2.45, 2.75) is 71.3 Å². The number of hydrogen-bond donors (Lipinski definition) is 1. The molecular weight excluding hydrogens is 330 g/mol. The van der Waals surface area contributed by atoms with E-state index in [2.05, 4.69) is 25.1 Å². The number of allylic oxidation sites excluding steroid dienone is 2. The molecule has 4 rings (SSSR count). The van der Waals surface area contributed by atoms with Gasteiger partial charge in [-0.15, -0.1) is 0 Å². The number of carboxylic acid groups (broad SMARTS) is 1. The molecule has 0 aliphatic heterocycles. The molecule has 0 saturated heterocycles. The summed E-state index contributed by atoms with van der Waals surface area (Å²) in [5.74, 6) is 0.834. The van der Waals surface area contributed by atoms with Gasteiger partial charge in [-0.05, 0) is 86.0 Å². The maximum atomic E-state index is 10.5. The quantitative estimate of drug-likeness (QED) is 0.784. The summed E-state index contributed by atoms with van der Waals surface area (Å²) >= 11 is 0. The van der Waals surface area contributed by atoms with Crippen LogP contribution in [0.15, 0.2) is 16.8 Å². The van der Waals surface area contributed by atoms with Crippen LogP contribution in [0, 0.1) is 28.6 Å². The second-order valence-corrected chi connectivity index (χ2v) is 9.37. The minimum Gasteiger partial charge on any atom is -0.546 e. The molecule has 3 saturated carbocycles. The van der Waals surface area contributed by atoms with Gasteiger partial charge in [0.2, 0.25) is 0 Å². The van der Waals surface area contributed by atoms with E-state index in [1.165, 1.54) is 24.8 Å². The van der Waals surface area contributed by atoms with Gasteiger partial charge in [0.1, 0.15) is 0 Å². The molecule has 6 atom stereocenters. The maximum absolute atomic E-state index is 10.5. The number of rotatable bonds is 3. The van der Waals surface area contributed by atoms with Crippen LogP contribution in [0.2, 0.25) is 0 Å². The SMILES string of the molecule is C[C@]12CC[C@@H]3[C@@H](CCC4=CC(=NOCC(=O)[O-])CC[C@@]43C)[C@@H]1CC[C@@H]2O. The molecule has 0 aromatic carbocycles. The highest BCUT2D eigenvalue weighted by Crippen LogP contribution is 2.65. The Morgan fingerprint density at radius 2 is 2.04 bits per heavy atom. The highest BCUT2D eigenvalue weighted by atomic mass is 16.6. The van der Waals surface area contributed by atoms with Crippen molar-refractivity contribution < 1.29 is 19.8 Å². The molecule has 0 heterocycles. The molecule has 0 radical (unpaired) electrons. The van der Waals surface area contributed by atoms with Crippen LogP contribution < -0.4 is 5.11 Å². The van der Waals surface area contributed by atoms with Crippen LogP contribution in [0.3, 0.4) is 0 Å². The van der Waals surface area contributed by atoms with E-state index in [9.17, 15) is 15.0 Å². The third kappa shape index (κ3) is 2.70. The number of hydrogen-bond acceptors (Lipinski definition) is 5. The first-order valence-corrected chi connectivity index (χ1v) is 10.1. The number of aliphatic hydroxyl groups is 1. The van der Waals surface area contributed by atoms with Crippen LogP contribution >= 0.6 is 0 Å². The van der Waals surface area contributed by atoms with Gasteiger partial charge in [0.05, 0.1) is 17.8 Å². The summed E-state index contributed by atoms with van der Waals surface area (Å²) in [4.78, 5) is 15.4. The number of aliphatic hydroxyl groups excluding tert-OH is 1. The van der Waals surface area contributed by atoms with Gasteiger partial charge in [-0.3, -0.25) is 0 Å². The molecular formula is C21H30NO4-. The van der Waals surface area contributed by atoms with E-state index in [0.29, 0.717) is 11.8 Å². The van der Waals surface area contributed by atoms with E-state index < -0.39 is 12.6 Å². The van der Waals surface area contributed by atoms with Crippen molar-refractivity contribution in [3.8, 4) is 0 Å². The van der Waals surface area contributed by atoms with E-state index in [4.69, 9.17) is 4.84 Å². The third-order valence-electron chi connectivity index (χ3n) is 8.29. The molecule has 4 aliphatic rings. The molecule has 0 spiro atoms. The van der Waals surface area contributed by atoms with Crippen LogP contribution in [0.1, 0.15) is 65.2 Å². The average molecular weight is 360 g/mol. The van der Waals surface area contributed by atoms with Gasteiger partial charge in [0.15, 0.2) is 6.61 Å². The van der Waals surface area contributed by atoms with Crippen molar-refractivity contribution in [2.75, 3.05) is 6.61 Å². The van der Waals surface area contributed by atoms with Gasteiger partial charge in [0, 0.05) is 0 Å². The Morgan fingerprint density at radius 1 is 1.23 bits per heavy atom. The van der Waals surface area contributed by atoms with Crippen molar-refractivity contribution in [1.82, 2.24) is 0 Å². The van der Waals surface area contributed by atoms with E-state index in [-0.39, 0.29) is 16.9 Å². The molecule has 0 unspecified atom stereocenters. The largest absolute Gasteiger partial charge is 0.546 e. The highest BCUT2D eigenvalue weighted by Gasteiger charge is 2.58. The lowest BCUT2D eigenvalue weighted by molar-refractivity contribution is -0.309. The third-order valence-corrected chi connectivity index (χ3v) is 8.29. The van der Waals surface area contributed by atoms with Crippen molar-refractivity contribution in [3.05, 3.63) is 11.6 Å². The Balaban J connectivity index is 1.55. The number of carbonyl (C=O) groups excluding carboxylic acids is 1. The van der Waals surface area contributed by atoms with Gasteiger partial charge < -0.3 is 19.8 Å². The van der Waals surface area contributed by atoms with Crippen molar-refractivity contribution >= 4 is 11.7 Å². The van der Waals surface area contributed by atoms with Crippen LogP contribution in [-0.2, 0) is 9.63 Å². The van der Waals surface area contributed by atoms with Crippen LogP contribution in [0.4, 0.5) is 0 Å². The molecule has 5 nitrogen and oxygen atoms in total. The van der Waals surface area contributed by atoms with Crippen molar-refractivity contribution in [2.24, 2.45) is 33.7 Å². The molecule has 0 aromatic rings. The second-order valence-electron chi connectivity index (χ2n) is 9.37. The minimum absolute atomic E-state index is 0.121. The molecule has 5 heteroatoms. The van der Waals surface area contributed by atoms with Crippen molar-refractivity contribution in [3.63, 3.8) is 0 Å². The Hall–Kier alpha value is -1.36. The summed E-state index contributed by atoms with van der Waals surface area (Å²) in [6.07, 6.45) is 10.7. The number of fused-ring (bicyclic) bond motifs is 5. The van der Waals surface area contributed by atoms with E-state index in [1.807, 2.05) is 0 Å². The lowest BCUT2D eigenvalue weighted by Crippen LogP contribution is -2.51. The smallest absolute Gasteiger partial charge is 0.156 e. The van der Waals surface area contributed by atoms with Crippen molar-refractivity contribution in [1.29, 1.82) is 0 Å². The zero-order valence-electron chi connectivity index (χ0n) is 15.9. The molecule has 144 valence electrons. The van der Waals surface area contributed by atoms with E-state index in [0.717, 1.165) is 43.7 Å². The molecule has 4 aliphatic carbocycles. The number of aliphatic carboxylic acids is 1. The average Bonchev–Trinajstić information content (AvgIpc) is 2.90. The summed E-state index contributed by atoms with van der Waals surface area (Å²) in [6.45, 7) is 4.25. The second kappa shape index (κ2) is 6.36. The molecule has 1 N–H and O–H groups in total. The summed E-state index contributed by atoms with van der Waals surface area (Å²) in [5, 5.41) is 25.0. The lowest BCUT2D eigenvalue weighted by Gasteiger charge is -2.57. The number of carboxylic acids is 1. The fourth-order valence-electron chi connectivity index (χ4n) is 6.78. The van der Waals surface area contributed by atoms with Gasteiger partial charge in [-0.25, -0.2) is 0 Å². The predicted octanol–water partition coefficient (Wildman–Crippen LogP) is 2.43. The first kappa shape index (κ1) is 18.0. The zero-order valence-corrected chi connectivity index (χ0v) is 15.9. The van der Waals surface area contributed by atoms with Gasteiger partial charge in [-0.2, -0.15) is 0 Å². The lowest BCUT2D eigenvalue weighted by atomic mass is 9.47. The van der Waals surface area contributed by atoms with Crippen LogP contribution in [-0.4, -0.2) is 29.5 Å². The fraction of sp³-hybridized carbons (Fsp3) is 0.810. The molecule has 0 bridgehead atoms. The summed E-state index contributed by atoms with van der Waals surface area (Å²) < 4.78 is 0. The zero-order chi connectivity index (χ0) is 18.5. The molecule has 0 amide bonds. The summed E-state index contributed by atoms with van der Waals surface area (Å²) in [5.41, 5.74) is 2.65. The summed E-state index contributed by atoms with van der Waals surface area (Å²) in [6, 6.07) is 0. The Kier molecular flexibility index (Phi) is 4.41. The Bertz CT molecular complexity index is 656. The van der Waals surface area contributed by atoms with Gasteiger partial charge >= 0.3 is 0 Å². The monoisotopic (exact) mass is 360 g/mol. The molecule has 0 aromatic heterocycles. The normalized spacial score (nSPS) is 46.1. The molecule has 3 fully saturated rings. The predicted molar refractivity (Wildman–Crippen MR) is 96.1 cm³/mol. The number of nitrogens with zero attached hydrogens (tertiary/aromatic N) is 1. The standard InChI is InChI=1S/C21H31NO4/c1-20-9-7-14(22-26-12-19(24)25)11-13(20)3-4-15-16-5-6-18(23)21(16,2)10-8-17(15)20/h11,15-18,23H,3-10,12H2,1-2H3,(H,24,25)/p-1/t15-,16-,17+,18-,20-,21-/m0/s1. The van der Waals surface area contributed by atoms with E-state index in [1.54, 1.807) is 0 Å². The fourth-order valence-corrected chi connectivity index (χ4v) is 6.78. The molecule has 26 heavy (non-hydrogen) atoms. The Labute approximate surface area is 155 Å². The van der Waals surface area contributed by atoms with Gasteiger partial charge in [0.25, 0.3) is 0 Å².